The molecule has 2 saturated heterocycles. The van der Waals surface area contributed by atoms with Crippen LogP contribution in [0.3, 0.4) is 0 Å². The molecule has 5 unspecified atom stereocenters. The highest BCUT2D eigenvalue weighted by Gasteiger charge is 2.59. The zero-order valence-corrected chi connectivity index (χ0v) is 18.7. The quantitative estimate of drug-likeness (QED) is 0.373. The van der Waals surface area contributed by atoms with Crippen LogP contribution in [0.4, 0.5) is 0 Å². The van der Waals surface area contributed by atoms with Crippen molar-refractivity contribution in [3.05, 3.63) is 112 Å². The van der Waals surface area contributed by atoms with E-state index >= 15 is 0 Å². The van der Waals surface area contributed by atoms with Gasteiger partial charge in [0.2, 0.25) is 0 Å². The average Bonchev–Trinajstić information content (AvgIpc) is 3.28. The molecule has 2 fully saturated rings. The van der Waals surface area contributed by atoms with E-state index in [-0.39, 0.29) is 10.8 Å². The number of methoxy groups -OCH3 is 1. The summed E-state index contributed by atoms with van der Waals surface area (Å²) in [5, 5.41) is 13.6. The van der Waals surface area contributed by atoms with Crippen molar-refractivity contribution in [3.8, 4) is 5.75 Å². The second-order valence-electron chi connectivity index (χ2n) is 8.44. The topological polar surface area (TPSA) is 83.3 Å². The van der Waals surface area contributed by atoms with Crippen LogP contribution in [-0.2, 0) is 21.0 Å². The second kappa shape index (κ2) is 9.90. The van der Waals surface area contributed by atoms with E-state index in [4.69, 9.17) is 19.1 Å². The van der Waals surface area contributed by atoms with E-state index in [1.165, 1.54) is 5.23 Å². The van der Waals surface area contributed by atoms with Crippen LogP contribution in [0.2, 0.25) is 0 Å². The zero-order chi connectivity index (χ0) is 23.5. The molecule has 2 heterocycles. The van der Waals surface area contributed by atoms with Crippen LogP contribution in [0.1, 0.15) is 35.1 Å². The molecule has 0 amide bonds. The molecular weight excluding hydrogens is 436 g/mol. The van der Waals surface area contributed by atoms with Gasteiger partial charge in [0.1, 0.15) is 11.8 Å². The van der Waals surface area contributed by atoms with Crippen LogP contribution >= 0.6 is 0 Å². The lowest BCUT2D eigenvalue weighted by Crippen LogP contribution is -2.50. The van der Waals surface area contributed by atoms with Gasteiger partial charge in [-0.2, -0.15) is 0 Å². The number of nitrogens with zero attached hydrogens (tertiary/aromatic N) is 2. The lowest BCUT2D eigenvalue weighted by Gasteiger charge is -2.38. The van der Waals surface area contributed by atoms with Crippen LogP contribution in [0, 0.1) is 10.1 Å². The van der Waals surface area contributed by atoms with Gasteiger partial charge in [0, 0.05) is 17.3 Å². The fourth-order valence-corrected chi connectivity index (χ4v) is 4.71. The molecule has 5 rings (SSSR count). The molecule has 5 atom stereocenters. The summed E-state index contributed by atoms with van der Waals surface area (Å²) in [4.78, 5) is 24.1. The van der Waals surface area contributed by atoms with E-state index in [0.717, 1.165) is 22.4 Å². The largest absolute Gasteiger partial charge is 0.497 e. The Bertz CT molecular complexity index is 1100. The number of nitro groups is 1. The highest BCUT2D eigenvalue weighted by Crippen LogP contribution is 2.46. The molecule has 34 heavy (non-hydrogen) atoms. The Morgan fingerprint density at radius 2 is 1.59 bits per heavy atom. The van der Waals surface area contributed by atoms with E-state index in [1.807, 2.05) is 84.9 Å². The predicted octanol–water partition coefficient (Wildman–Crippen LogP) is 4.66. The second-order valence-corrected chi connectivity index (χ2v) is 8.44. The maximum atomic E-state index is 12.3. The van der Waals surface area contributed by atoms with Gasteiger partial charge < -0.3 is 9.47 Å². The molecule has 176 valence electrons. The summed E-state index contributed by atoms with van der Waals surface area (Å²) in [7, 11) is 1.62. The van der Waals surface area contributed by atoms with E-state index in [0.29, 0.717) is 13.0 Å². The molecule has 0 saturated carbocycles. The highest BCUT2D eigenvalue weighted by atomic mass is 17.0. The summed E-state index contributed by atoms with van der Waals surface area (Å²) in [6.07, 6.45) is -0.908. The summed E-state index contributed by atoms with van der Waals surface area (Å²) >= 11 is 0. The van der Waals surface area contributed by atoms with Crippen molar-refractivity contribution in [3.63, 3.8) is 0 Å². The fraction of sp³-hybridized carbons (Fsp3) is 0.308. The summed E-state index contributed by atoms with van der Waals surface area (Å²) in [5.41, 5.74) is 2.70. The molecule has 0 spiro atoms. The predicted molar refractivity (Wildman–Crippen MR) is 123 cm³/mol. The minimum absolute atomic E-state index is 0.208. The van der Waals surface area contributed by atoms with Crippen molar-refractivity contribution in [1.82, 2.24) is 5.23 Å². The number of hydrogen-bond donors (Lipinski definition) is 0. The number of benzene rings is 3. The molecule has 2 aliphatic heterocycles. The maximum absolute atomic E-state index is 12.3. The third-order valence-electron chi connectivity index (χ3n) is 6.40. The lowest BCUT2D eigenvalue weighted by atomic mass is 9.82. The zero-order valence-electron chi connectivity index (χ0n) is 18.7. The highest BCUT2D eigenvalue weighted by molar-refractivity contribution is 5.27. The summed E-state index contributed by atoms with van der Waals surface area (Å²) in [6.45, 7) is 0.329. The number of ether oxygens (including phenoxy) is 2. The standard InChI is InChI=1S/C26H26N2O6/c1-31-21-14-12-18(13-15-21)17-32-23-16-22(19-8-4-2-5-9-19)24-25(27(29)30)26(34-28(24)33-23)20-10-6-3-7-11-20/h2-15,22-26H,16-17H2,1H3. The van der Waals surface area contributed by atoms with Crippen LogP contribution in [0.15, 0.2) is 84.9 Å². The van der Waals surface area contributed by atoms with Gasteiger partial charge in [-0.15, -0.1) is 0 Å². The first-order valence-electron chi connectivity index (χ1n) is 11.2. The van der Waals surface area contributed by atoms with Gasteiger partial charge in [-0.1, -0.05) is 78.0 Å². The summed E-state index contributed by atoms with van der Waals surface area (Å²) < 4.78 is 11.3. The van der Waals surface area contributed by atoms with Gasteiger partial charge in [0.15, 0.2) is 12.4 Å². The molecule has 3 aromatic carbocycles. The van der Waals surface area contributed by atoms with Crippen molar-refractivity contribution in [2.45, 2.75) is 43.4 Å². The van der Waals surface area contributed by atoms with Gasteiger partial charge in [0.05, 0.1) is 13.7 Å². The van der Waals surface area contributed by atoms with Crippen molar-refractivity contribution >= 4 is 0 Å². The Balaban J connectivity index is 1.41. The Morgan fingerprint density at radius 3 is 2.21 bits per heavy atom. The molecule has 8 heteroatoms. The van der Waals surface area contributed by atoms with Gasteiger partial charge in [-0.3, -0.25) is 15.0 Å². The van der Waals surface area contributed by atoms with Crippen LogP contribution in [0.5, 0.6) is 5.75 Å². The lowest BCUT2D eigenvalue weighted by molar-refractivity contribution is -0.533. The SMILES string of the molecule is COc1ccc(COC2CC(c3ccccc3)C3C([N+](=O)[O-])C(c4ccccc4)ON3O2)cc1. The van der Waals surface area contributed by atoms with E-state index in [9.17, 15) is 10.1 Å². The smallest absolute Gasteiger partial charge is 0.265 e. The van der Waals surface area contributed by atoms with Crippen molar-refractivity contribution in [2.75, 3.05) is 7.11 Å². The Kier molecular flexibility index (Phi) is 6.55. The monoisotopic (exact) mass is 462 g/mol. The van der Waals surface area contributed by atoms with Crippen LogP contribution in [-0.4, -0.2) is 35.6 Å². The summed E-state index contributed by atoms with van der Waals surface area (Å²) in [5.74, 6) is 0.563. The minimum Gasteiger partial charge on any atom is -0.497 e. The minimum atomic E-state index is -0.991. The molecular formula is C26H26N2O6. The number of hydroxylamine groups is 2. The summed E-state index contributed by atoms with van der Waals surface area (Å²) in [6, 6.07) is 25.1. The molecule has 3 aromatic rings. The molecule has 8 nitrogen and oxygen atoms in total. The third kappa shape index (κ3) is 4.53. The first-order valence-corrected chi connectivity index (χ1v) is 11.2. The van der Waals surface area contributed by atoms with Gasteiger partial charge in [-0.05, 0) is 28.8 Å². The number of fused-ring (bicyclic) bond motifs is 1. The van der Waals surface area contributed by atoms with E-state index < -0.39 is 24.5 Å². The van der Waals surface area contributed by atoms with Gasteiger partial charge in [-0.25, -0.2) is 4.84 Å². The van der Waals surface area contributed by atoms with Gasteiger partial charge >= 0.3 is 0 Å². The average molecular weight is 463 g/mol. The Labute approximate surface area is 197 Å². The number of hydrogen-bond acceptors (Lipinski definition) is 7. The molecule has 0 N–H and O–H groups in total. The van der Waals surface area contributed by atoms with Crippen LogP contribution < -0.4 is 4.74 Å². The van der Waals surface area contributed by atoms with Crippen LogP contribution in [0.25, 0.3) is 0 Å². The normalized spacial score (nSPS) is 26.7. The third-order valence-corrected chi connectivity index (χ3v) is 6.40. The van der Waals surface area contributed by atoms with Crippen molar-refractivity contribution in [2.24, 2.45) is 0 Å². The molecule has 0 bridgehead atoms. The Morgan fingerprint density at radius 1 is 0.941 bits per heavy atom. The Hall–Kier alpha value is -3.30. The number of rotatable bonds is 7. The molecule has 2 aliphatic rings. The van der Waals surface area contributed by atoms with E-state index in [2.05, 4.69) is 0 Å². The van der Waals surface area contributed by atoms with Crippen molar-refractivity contribution < 1.29 is 24.1 Å². The van der Waals surface area contributed by atoms with Crippen molar-refractivity contribution in [1.29, 1.82) is 0 Å². The first-order chi connectivity index (χ1) is 16.6. The van der Waals surface area contributed by atoms with E-state index in [1.54, 1.807) is 7.11 Å². The molecule has 0 aliphatic carbocycles. The molecule has 0 radical (unpaired) electrons. The molecule has 0 aromatic heterocycles. The maximum Gasteiger partial charge on any atom is 0.265 e. The van der Waals surface area contributed by atoms with Gasteiger partial charge in [0.25, 0.3) is 6.04 Å². The fourth-order valence-electron chi connectivity index (χ4n) is 4.71. The first kappa shape index (κ1) is 22.5.